The Bertz CT molecular complexity index is 434. The van der Waals surface area contributed by atoms with Crippen molar-refractivity contribution in [2.45, 2.75) is 18.8 Å². The minimum atomic E-state index is -0.235. The molecular weight excluding hydrogens is 204 g/mol. The van der Waals surface area contributed by atoms with Crippen LogP contribution in [0.4, 0.5) is 5.82 Å². The van der Waals surface area contributed by atoms with E-state index in [0.29, 0.717) is 5.92 Å². The second-order valence-electron chi connectivity index (χ2n) is 4.54. The summed E-state index contributed by atoms with van der Waals surface area (Å²) in [6.07, 6.45) is 3.81. The number of amides is 1. The van der Waals surface area contributed by atoms with Crippen LogP contribution in [-0.2, 0) is 4.79 Å². The lowest BCUT2D eigenvalue weighted by molar-refractivity contribution is -0.120. The summed E-state index contributed by atoms with van der Waals surface area (Å²) < 4.78 is 0. The first-order valence-electron chi connectivity index (χ1n) is 5.63. The molecule has 0 aromatic carbocycles. The lowest BCUT2D eigenvalue weighted by atomic mass is 9.77. The van der Waals surface area contributed by atoms with Gasteiger partial charge in [0.25, 0.3) is 0 Å². The predicted octanol–water partition coefficient (Wildman–Crippen LogP) is 0.275. The fourth-order valence-electron chi connectivity index (χ4n) is 2.94. The zero-order valence-electron chi connectivity index (χ0n) is 8.97. The number of hydrogen-bond donors (Lipinski definition) is 1. The number of anilines is 1. The molecule has 2 aliphatic heterocycles. The summed E-state index contributed by atoms with van der Waals surface area (Å²) in [5, 5.41) is 8.04. The van der Waals surface area contributed by atoms with Gasteiger partial charge in [-0.05, 0) is 24.8 Å². The molecule has 1 saturated heterocycles. The van der Waals surface area contributed by atoms with E-state index in [1.807, 2.05) is 6.07 Å². The molecule has 2 N–H and O–H groups in total. The zero-order valence-corrected chi connectivity index (χ0v) is 8.97. The van der Waals surface area contributed by atoms with Crippen molar-refractivity contribution in [2.75, 3.05) is 18.0 Å². The van der Waals surface area contributed by atoms with Gasteiger partial charge in [0.1, 0.15) is 0 Å². The number of nitrogens with zero attached hydrogens (tertiary/aromatic N) is 3. The number of rotatable bonds is 1. The summed E-state index contributed by atoms with van der Waals surface area (Å²) in [7, 11) is 0. The Hall–Kier alpha value is -1.65. The van der Waals surface area contributed by atoms with E-state index in [4.69, 9.17) is 5.73 Å². The van der Waals surface area contributed by atoms with Crippen molar-refractivity contribution in [2.24, 2.45) is 11.7 Å². The average Bonchev–Trinajstić information content (AvgIpc) is 2.29. The van der Waals surface area contributed by atoms with Gasteiger partial charge in [-0.1, -0.05) is 0 Å². The van der Waals surface area contributed by atoms with Crippen molar-refractivity contribution >= 4 is 11.7 Å². The van der Waals surface area contributed by atoms with Crippen molar-refractivity contribution in [3.05, 3.63) is 17.8 Å². The fraction of sp³-hybridized carbons (Fsp3) is 0.545. The molecular formula is C11H14N4O. The Morgan fingerprint density at radius 3 is 3.25 bits per heavy atom. The van der Waals surface area contributed by atoms with Crippen LogP contribution < -0.4 is 10.6 Å². The van der Waals surface area contributed by atoms with Gasteiger partial charge in [0.05, 0.1) is 12.1 Å². The lowest BCUT2D eigenvalue weighted by Gasteiger charge is -2.42. The highest BCUT2D eigenvalue weighted by molar-refractivity contribution is 5.85. The average molecular weight is 218 g/mol. The van der Waals surface area contributed by atoms with Crippen LogP contribution in [0.15, 0.2) is 12.3 Å². The molecule has 1 fully saturated rings. The second kappa shape index (κ2) is 3.43. The molecule has 2 bridgehead atoms. The van der Waals surface area contributed by atoms with Crippen molar-refractivity contribution in [3.63, 3.8) is 0 Å². The Labute approximate surface area is 93.6 Å². The summed E-state index contributed by atoms with van der Waals surface area (Å²) in [4.78, 5) is 13.8. The molecule has 0 spiro atoms. The van der Waals surface area contributed by atoms with E-state index < -0.39 is 0 Å². The Morgan fingerprint density at radius 2 is 2.44 bits per heavy atom. The highest BCUT2D eigenvalue weighted by Gasteiger charge is 2.39. The Balaban J connectivity index is 2.12. The summed E-state index contributed by atoms with van der Waals surface area (Å²) in [5.74, 6) is 0.785. The van der Waals surface area contributed by atoms with Gasteiger partial charge in [-0.3, -0.25) is 4.79 Å². The summed E-state index contributed by atoms with van der Waals surface area (Å²) in [6, 6.07) is 1.88. The lowest BCUT2D eigenvalue weighted by Crippen LogP contribution is -2.46. The first kappa shape index (κ1) is 9.57. The molecule has 3 rings (SSSR count). The third-order valence-electron chi connectivity index (χ3n) is 3.60. The van der Waals surface area contributed by atoms with E-state index in [9.17, 15) is 4.79 Å². The molecule has 1 aromatic rings. The van der Waals surface area contributed by atoms with Crippen LogP contribution in [0, 0.1) is 5.92 Å². The molecule has 1 amide bonds. The SMILES string of the molecule is NC(=O)C1c2ccnnc2N2CCCC1C2. The van der Waals surface area contributed by atoms with E-state index in [2.05, 4.69) is 15.1 Å². The summed E-state index contributed by atoms with van der Waals surface area (Å²) in [5.41, 5.74) is 6.47. The quantitative estimate of drug-likeness (QED) is 0.734. The van der Waals surface area contributed by atoms with E-state index in [1.165, 1.54) is 0 Å². The van der Waals surface area contributed by atoms with Crippen LogP contribution in [0.5, 0.6) is 0 Å². The monoisotopic (exact) mass is 218 g/mol. The molecule has 0 saturated carbocycles. The first-order valence-corrected chi connectivity index (χ1v) is 5.63. The molecule has 0 radical (unpaired) electrons. The standard InChI is InChI=1S/C11H14N4O/c12-10(16)9-7-2-1-5-15(6-7)11-8(9)3-4-13-14-11/h3-4,7,9H,1-2,5-6H2,(H2,12,16). The van der Waals surface area contributed by atoms with Gasteiger partial charge < -0.3 is 10.6 Å². The third-order valence-corrected chi connectivity index (χ3v) is 3.60. The molecule has 2 unspecified atom stereocenters. The van der Waals surface area contributed by atoms with Crippen LogP contribution in [0.1, 0.15) is 24.3 Å². The second-order valence-corrected chi connectivity index (χ2v) is 4.54. The highest BCUT2D eigenvalue weighted by Crippen LogP contribution is 2.41. The van der Waals surface area contributed by atoms with Gasteiger partial charge in [-0.25, -0.2) is 0 Å². The third kappa shape index (κ3) is 1.27. The van der Waals surface area contributed by atoms with Crippen LogP contribution in [0.2, 0.25) is 0 Å². The van der Waals surface area contributed by atoms with Crippen molar-refractivity contribution in [1.82, 2.24) is 10.2 Å². The maximum absolute atomic E-state index is 11.6. The maximum Gasteiger partial charge on any atom is 0.225 e. The van der Waals surface area contributed by atoms with Crippen molar-refractivity contribution in [3.8, 4) is 0 Å². The Kier molecular flexibility index (Phi) is 2.05. The smallest absolute Gasteiger partial charge is 0.225 e. The highest BCUT2D eigenvalue weighted by atomic mass is 16.1. The summed E-state index contributed by atoms with van der Waals surface area (Å²) in [6.45, 7) is 1.90. The van der Waals surface area contributed by atoms with Crippen molar-refractivity contribution in [1.29, 1.82) is 0 Å². The van der Waals surface area contributed by atoms with Crippen LogP contribution >= 0.6 is 0 Å². The van der Waals surface area contributed by atoms with Gasteiger partial charge in [-0.2, -0.15) is 5.10 Å². The number of carbonyl (C=O) groups excluding carboxylic acids is 1. The molecule has 1 aromatic heterocycles. The van der Waals surface area contributed by atoms with Crippen LogP contribution in [0.3, 0.4) is 0 Å². The minimum absolute atomic E-state index is 0.179. The predicted molar refractivity (Wildman–Crippen MR) is 58.9 cm³/mol. The van der Waals surface area contributed by atoms with Gasteiger partial charge in [-0.15, -0.1) is 5.10 Å². The van der Waals surface area contributed by atoms with Crippen molar-refractivity contribution < 1.29 is 4.79 Å². The number of fused-ring (bicyclic) bond motifs is 4. The molecule has 84 valence electrons. The maximum atomic E-state index is 11.6. The number of nitrogens with two attached hydrogens (primary N) is 1. The number of primary amides is 1. The number of aromatic nitrogens is 2. The molecule has 2 atom stereocenters. The van der Waals surface area contributed by atoms with Gasteiger partial charge in [0.15, 0.2) is 5.82 Å². The largest absolute Gasteiger partial charge is 0.369 e. The first-order chi connectivity index (χ1) is 7.77. The Morgan fingerprint density at radius 1 is 1.56 bits per heavy atom. The van der Waals surface area contributed by atoms with Crippen LogP contribution in [-0.4, -0.2) is 29.2 Å². The molecule has 5 nitrogen and oxygen atoms in total. The summed E-state index contributed by atoms with van der Waals surface area (Å²) >= 11 is 0. The van der Waals surface area contributed by atoms with E-state index in [0.717, 1.165) is 37.3 Å². The molecule has 16 heavy (non-hydrogen) atoms. The zero-order chi connectivity index (χ0) is 11.1. The fourth-order valence-corrected chi connectivity index (χ4v) is 2.94. The number of hydrogen-bond acceptors (Lipinski definition) is 4. The van der Waals surface area contributed by atoms with E-state index in [1.54, 1.807) is 6.20 Å². The van der Waals surface area contributed by atoms with Gasteiger partial charge in [0, 0.05) is 18.7 Å². The number of carbonyl (C=O) groups is 1. The van der Waals surface area contributed by atoms with E-state index >= 15 is 0 Å². The van der Waals surface area contributed by atoms with Gasteiger partial charge in [0.2, 0.25) is 5.91 Å². The van der Waals surface area contributed by atoms with Crippen LogP contribution in [0.25, 0.3) is 0 Å². The van der Waals surface area contributed by atoms with Gasteiger partial charge >= 0.3 is 0 Å². The number of piperidine rings is 1. The molecule has 2 aliphatic rings. The minimum Gasteiger partial charge on any atom is -0.369 e. The normalized spacial score (nSPS) is 27.4. The molecule has 5 heteroatoms. The molecule has 0 aliphatic carbocycles. The topological polar surface area (TPSA) is 72.1 Å². The molecule has 3 heterocycles. The van der Waals surface area contributed by atoms with E-state index in [-0.39, 0.29) is 11.8 Å².